The summed E-state index contributed by atoms with van der Waals surface area (Å²) in [4.78, 5) is 38.9. The van der Waals surface area contributed by atoms with Gasteiger partial charge in [0, 0.05) is 44.0 Å². The highest BCUT2D eigenvalue weighted by Crippen LogP contribution is 2.21. The SMILES string of the molecule is CC(=O)c1ccc(S(=O)(=O)N2CCN(CC(=O)c3cc(C(N)=O)c(C)n3CCc3ccccc3)CC2)cc1. The molecule has 2 aromatic carbocycles. The predicted molar refractivity (Wildman–Crippen MR) is 144 cm³/mol. The van der Waals surface area contributed by atoms with Crippen LogP contribution in [0.3, 0.4) is 0 Å². The van der Waals surface area contributed by atoms with Crippen LogP contribution in [0.25, 0.3) is 0 Å². The van der Waals surface area contributed by atoms with Crippen LogP contribution in [0.2, 0.25) is 0 Å². The fraction of sp³-hybridized carbons (Fsp3) is 0.321. The summed E-state index contributed by atoms with van der Waals surface area (Å²) in [6.45, 7) is 5.11. The van der Waals surface area contributed by atoms with Gasteiger partial charge in [-0.2, -0.15) is 4.31 Å². The number of hydrogen-bond donors (Lipinski definition) is 1. The number of Topliss-reactive ketones (excluding diaryl/α,β-unsaturated/α-hetero) is 2. The highest BCUT2D eigenvalue weighted by atomic mass is 32.2. The molecule has 10 heteroatoms. The first-order valence-corrected chi connectivity index (χ1v) is 13.9. The van der Waals surface area contributed by atoms with E-state index in [0.29, 0.717) is 48.6 Å². The largest absolute Gasteiger partial charge is 0.366 e. The zero-order valence-electron chi connectivity index (χ0n) is 21.6. The Morgan fingerprint density at radius 1 is 0.921 bits per heavy atom. The van der Waals surface area contributed by atoms with E-state index in [-0.39, 0.29) is 36.1 Å². The first-order valence-electron chi connectivity index (χ1n) is 12.5. The Labute approximate surface area is 222 Å². The molecule has 1 fully saturated rings. The number of carbonyl (C=O) groups is 3. The minimum atomic E-state index is -3.71. The summed E-state index contributed by atoms with van der Waals surface area (Å²) < 4.78 is 29.4. The van der Waals surface area contributed by atoms with Gasteiger partial charge in [-0.1, -0.05) is 42.5 Å². The average molecular weight is 537 g/mol. The van der Waals surface area contributed by atoms with Gasteiger partial charge in [-0.15, -0.1) is 0 Å². The lowest BCUT2D eigenvalue weighted by Crippen LogP contribution is -2.49. The average Bonchev–Trinajstić information content (AvgIpc) is 3.24. The second kappa shape index (κ2) is 11.4. The van der Waals surface area contributed by atoms with Crippen molar-refractivity contribution in [3.05, 3.63) is 88.7 Å². The van der Waals surface area contributed by atoms with E-state index in [2.05, 4.69) is 0 Å². The minimum Gasteiger partial charge on any atom is -0.366 e. The third kappa shape index (κ3) is 5.93. The molecule has 4 rings (SSSR count). The number of aromatic nitrogens is 1. The van der Waals surface area contributed by atoms with Gasteiger partial charge in [-0.3, -0.25) is 19.3 Å². The van der Waals surface area contributed by atoms with E-state index in [1.165, 1.54) is 35.5 Å². The number of nitrogens with zero attached hydrogens (tertiary/aromatic N) is 3. The summed E-state index contributed by atoms with van der Waals surface area (Å²) in [6.07, 6.45) is 0.693. The smallest absolute Gasteiger partial charge is 0.250 e. The van der Waals surface area contributed by atoms with Gasteiger partial charge in [0.2, 0.25) is 10.0 Å². The summed E-state index contributed by atoms with van der Waals surface area (Å²) in [5.74, 6) is -0.855. The lowest BCUT2D eigenvalue weighted by atomic mass is 10.1. The third-order valence-corrected chi connectivity index (χ3v) is 8.89. The van der Waals surface area contributed by atoms with E-state index >= 15 is 0 Å². The van der Waals surface area contributed by atoms with Gasteiger partial charge in [0.15, 0.2) is 11.6 Å². The number of sulfonamides is 1. The van der Waals surface area contributed by atoms with Gasteiger partial charge in [0.25, 0.3) is 5.91 Å². The Bertz CT molecular complexity index is 1440. The van der Waals surface area contributed by atoms with E-state index in [0.717, 1.165) is 5.56 Å². The molecule has 9 nitrogen and oxygen atoms in total. The van der Waals surface area contributed by atoms with Crippen molar-refractivity contribution in [1.82, 2.24) is 13.8 Å². The highest BCUT2D eigenvalue weighted by Gasteiger charge is 2.30. The zero-order chi connectivity index (χ0) is 27.4. The van der Waals surface area contributed by atoms with Crippen LogP contribution in [0, 0.1) is 6.92 Å². The Kier molecular flexibility index (Phi) is 8.25. The van der Waals surface area contributed by atoms with Crippen molar-refractivity contribution >= 4 is 27.5 Å². The molecule has 0 saturated carbocycles. The molecule has 3 aromatic rings. The summed E-state index contributed by atoms with van der Waals surface area (Å²) >= 11 is 0. The van der Waals surface area contributed by atoms with Crippen LogP contribution in [0.5, 0.6) is 0 Å². The summed E-state index contributed by atoms with van der Waals surface area (Å²) in [5.41, 5.74) is 8.54. The second-order valence-electron chi connectivity index (χ2n) is 9.46. The number of piperazine rings is 1. The number of rotatable bonds is 10. The summed E-state index contributed by atoms with van der Waals surface area (Å²) in [6, 6.07) is 17.4. The summed E-state index contributed by atoms with van der Waals surface area (Å²) in [7, 11) is -3.71. The van der Waals surface area contributed by atoms with Gasteiger partial charge in [0.1, 0.15) is 0 Å². The molecule has 1 aromatic heterocycles. The van der Waals surface area contributed by atoms with Crippen LogP contribution >= 0.6 is 0 Å². The molecule has 0 radical (unpaired) electrons. The first kappa shape index (κ1) is 27.4. The lowest BCUT2D eigenvalue weighted by molar-refractivity contribution is 0.0891. The lowest BCUT2D eigenvalue weighted by Gasteiger charge is -2.33. The fourth-order valence-electron chi connectivity index (χ4n) is 4.72. The number of ketones is 2. The van der Waals surface area contributed by atoms with Gasteiger partial charge in [-0.05, 0) is 44.0 Å². The van der Waals surface area contributed by atoms with E-state index in [1.807, 2.05) is 39.8 Å². The molecule has 0 aliphatic carbocycles. The van der Waals surface area contributed by atoms with E-state index in [4.69, 9.17) is 5.73 Å². The Balaban J connectivity index is 1.43. The van der Waals surface area contributed by atoms with E-state index in [1.54, 1.807) is 13.0 Å². The molecule has 0 atom stereocenters. The van der Waals surface area contributed by atoms with Crippen molar-refractivity contribution in [2.75, 3.05) is 32.7 Å². The van der Waals surface area contributed by atoms with Crippen molar-refractivity contribution < 1.29 is 22.8 Å². The molecule has 2 heterocycles. The number of nitrogens with two attached hydrogens (primary N) is 1. The molecule has 1 amide bonds. The highest BCUT2D eigenvalue weighted by molar-refractivity contribution is 7.89. The van der Waals surface area contributed by atoms with Gasteiger partial charge < -0.3 is 10.3 Å². The monoisotopic (exact) mass is 536 g/mol. The molecule has 1 aliphatic rings. The number of primary amides is 1. The van der Waals surface area contributed by atoms with Crippen molar-refractivity contribution in [2.24, 2.45) is 5.73 Å². The Morgan fingerprint density at radius 2 is 1.55 bits per heavy atom. The maximum Gasteiger partial charge on any atom is 0.250 e. The van der Waals surface area contributed by atoms with Crippen LogP contribution in [0.1, 0.15) is 49.4 Å². The van der Waals surface area contributed by atoms with Gasteiger partial charge in [0.05, 0.1) is 22.7 Å². The maximum atomic E-state index is 13.3. The standard InChI is InChI=1S/C28H32N4O5S/c1-20-25(28(29)35)18-26(32(20)13-12-22-6-4-3-5-7-22)27(34)19-30-14-16-31(17-15-30)38(36,37)24-10-8-23(9-11-24)21(2)33/h3-11,18H,12-17,19H2,1-2H3,(H2,29,35). The van der Waals surface area contributed by atoms with E-state index in [9.17, 15) is 22.8 Å². The second-order valence-corrected chi connectivity index (χ2v) is 11.4. The number of carbonyl (C=O) groups excluding carboxylic acids is 3. The number of hydrogen-bond acceptors (Lipinski definition) is 6. The molecular formula is C28H32N4O5S. The molecule has 0 bridgehead atoms. The molecule has 200 valence electrons. The van der Waals surface area contributed by atoms with Gasteiger partial charge >= 0.3 is 0 Å². The molecule has 38 heavy (non-hydrogen) atoms. The van der Waals surface area contributed by atoms with Crippen LogP contribution in [-0.4, -0.2) is 72.4 Å². The van der Waals surface area contributed by atoms with Crippen LogP contribution in [0.15, 0.2) is 65.6 Å². The molecule has 2 N–H and O–H groups in total. The van der Waals surface area contributed by atoms with Crippen molar-refractivity contribution in [2.45, 2.75) is 31.7 Å². The fourth-order valence-corrected chi connectivity index (χ4v) is 6.14. The van der Waals surface area contributed by atoms with E-state index < -0.39 is 15.9 Å². The first-order chi connectivity index (χ1) is 18.1. The molecular weight excluding hydrogens is 504 g/mol. The zero-order valence-corrected chi connectivity index (χ0v) is 22.4. The maximum absolute atomic E-state index is 13.3. The van der Waals surface area contributed by atoms with Crippen molar-refractivity contribution in [3.63, 3.8) is 0 Å². The normalized spacial score (nSPS) is 14.9. The predicted octanol–water partition coefficient (Wildman–Crippen LogP) is 2.53. The van der Waals surface area contributed by atoms with Crippen molar-refractivity contribution in [1.29, 1.82) is 0 Å². The van der Waals surface area contributed by atoms with Crippen molar-refractivity contribution in [3.8, 4) is 0 Å². The topological polar surface area (TPSA) is 123 Å². The Morgan fingerprint density at radius 3 is 2.13 bits per heavy atom. The third-order valence-electron chi connectivity index (χ3n) is 6.98. The number of amides is 1. The minimum absolute atomic E-state index is 0.105. The van der Waals surface area contributed by atoms with Crippen LogP contribution in [-0.2, 0) is 23.0 Å². The molecule has 1 aliphatic heterocycles. The molecule has 1 saturated heterocycles. The molecule has 0 unspecified atom stereocenters. The number of aryl methyl sites for hydroxylation is 1. The van der Waals surface area contributed by atoms with Gasteiger partial charge in [-0.25, -0.2) is 8.42 Å². The van der Waals surface area contributed by atoms with Crippen LogP contribution < -0.4 is 5.73 Å². The quantitative estimate of drug-likeness (QED) is 0.397. The van der Waals surface area contributed by atoms with Crippen LogP contribution in [0.4, 0.5) is 0 Å². The molecule has 0 spiro atoms. The summed E-state index contributed by atoms with van der Waals surface area (Å²) in [5, 5.41) is 0. The Hall–Kier alpha value is -3.60. The number of benzene rings is 2.